The smallest absolute Gasteiger partial charge is 0.122 e. The largest absolute Gasteiger partial charge is 0.384 e. The van der Waals surface area contributed by atoms with Crippen LogP contribution in [-0.4, -0.2) is 11.9 Å². The van der Waals surface area contributed by atoms with E-state index in [1.54, 1.807) is 0 Å². The number of nitrogens with one attached hydrogen (secondary N) is 2. The van der Waals surface area contributed by atoms with Crippen LogP contribution in [0.5, 0.6) is 0 Å². The van der Waals surface area contributed by atoms with Gasteiger partial charge in [0.25, 0.3) is 0 Å². The van der Waals surface area contributed by atoms with Gasteiger partial charge in [-0.05, 0) is 43.5 Å². The number of benzene rings is 1. The van der Waals surface area contributed by atoms with E-state index in [-0.39, 0.29) is 5.84 Å². The Labute approximate surface area is 83.8 Å². The minimum atomic E-state index is 0.131. The van der Waals surface area contributed by atoms with Crippen LogP contribution in [0.3, 0.4) is 0 Å². The Hall–Kier alpha value is -1.51. The lowest BCUT2D eigenvalue weighted by Gasteiger charge is -2.09. The maximum Gasteiger partial charge on any atom is 0.122 e. The van der Waals surface area contributed by atoms with E-state index in [0.717, 1.165) is 16.8 Å². The van der Waals surface area contributed by atoms with Crippen LogP contribution in [0.4, 0.5) is 5.69 Å². The van der Waals surface area contributed by atoms with Crippen molar-refractivity contribution in [1.82, 2.24) is 0 Å². The first-order valence-corrected chi connectivity index (χ1v) is 4.88. The third kappa shape index (κ3) is 1.87. The molecule has 0 heterocycles. The minimum Gasteiger partial charge on any atom is -0.384 e. The van der Waals surface area contributed by atoms with Crippen molar-refractivity contribution < 1.29 is 0 Å². The second-order valence-corrected chi connectivity index (χ2v) is 3.86. The molecule has 0 saturated heterocycles. The van der Waals surface area contributed by atoms with E-state index in [0.29, 0.717) is 6.04 Å². The number of nitrogen functional groups attached to an aromatic ring is 1. The number of aryl methyl sites for hydroxylation is 1. The van der Waals surface area contributed by atoms with Crippen LogP contribution in [0, 0.1) is 12.3 Å². The van der Waals surface area contributed by atoms with E-state index in [2.05, 4.69) is 5.32 Å². The average molecular weight is 189 g/mol. The fourth-order valence-corrected chi connectivity index (χ4v) is 1.44. The van der Waals surface area contributed by atoms with Crippen molar-refractivity contribution >= 4 is 11.5 Å². The summed E-state index contributed by atoms with van der Waals surface area (Å²) in [6.07, 6.45) is 2.54. The third-order valence-electron chi connectivity index (χ3n) is 2.47. The van der Waals surface area contributed by atoms with E-state index >= 15 is 0 Å². The highest BCUT2D eigenvalue weighted by Crippen LogP contribution is 2.26. The SMILES string of the molecule is Cc1cc(C(=N)N)ccc1NC1CC1. The van der Waals surface area contributed by atoms with Crippen molar-refractivity contribution in [2.24, 2.45) is 5.73 Å². The van der Waals surface area contributed by atoms with Gasteiger partial charge in [0.2, 0.25) is 0 Å². The Bertz CT molecular complexity index is 367. The molecule has 0 spiro atoms. The summed E-state index contributed by atoms with van der Waals surface area (Å²) in [6.45, 7) is 2.04. The Kier molecular flexibility index (Phi) is 2.15. The summed E-state index contributed by atoms with van der Waals surface area (Å²) in [5.74, 6) is 0.131. The summed E-state index contributed by atoms with van der Waals surface area (Å²) in [5.41, 5.74) is 8.53. The Morgan fingerprint density at radius 3 is 2.71 bits per heavy atom. The van der Waals surface area contributed by atoms with Crippen molar-refractivity contribution in [1.29, 1.82) is 5.41 Å². The van der Waals surface area contributed by atoms with Crippen molar-refractivity contribution in [3.8, 4) is 0 Å². The molecule has 0 unspecified atom stereocenters. The quantitative estimate of drug-likeness (QED) is 0.502. The Morgan fingerprint density at radius 1 is 1.50 bits per heavy atom. The monoisotopic (exact) mass is 189 g/mol. The number of amidine groups is 1. The second-order valence-electron chi connectivity index (χ2n) is 3.86. The first kappa shape index (κ1) is 9.06. The molecule has 74 valence electrons. The molecular formula is C11H15N3. The standard InChI is InChI=1S/C11H15N3/c1-7-6-8(11(12)13)2-5-10(7)14-9-3-4-9/h2,5-6,9,14H,3-4H2,1H3,(H3,12,13). The lowest BCUT2D eigenvalue weighted by atomic mass is 10.1. The van der Waals surface area contributed by atoms with Gasteiger partial charge in [-0.25, -0.2) is 0 Å². The van der Waals surface area contributed by atoms with Crippen LogP contribution < -0.4 is 11.1 Å². The lowest BCUT2D eigenvalue weighted by molar-refractivity contribution is 1.14. The molecule has 14 heavy (non-hydrogen) atoms. The number of hydrogen-bond donors (Lipinski definition) is 3. The Balaban J connectivity index is 2.21. The second kappa shape index (κ2) is 3.33. The van der Waals surface area contributed by atoms with Gasteiger partial charge in [-0.1, -0.05) is 0 Å². The van der Waals surface area contributed by atoms with Crippen LogP contribution in [0.15, 0.2) is 18.2 Å². The molecule has 4 N–H and O–H groups in total. The van der Waals surface area contributed by atoms with Gasteiger partial charge in [-0.3, -0.25) is 5.41 Å². The zero-order valence-corrected chi connectivity index (χ0v) is 8.30. The molecule has 1 aliphatic rings. The van der Waals surface area contributed by atoms with Crippen molar-refractivity contribution in [2.45, 2.75) is 25.8 Å². The summed E-state index contributed by atoms with van der Waals surface area (Å²) >= 11 is 0. The first-order valence-electron chi connectivity index (χ1n) is 4.88. The summed E-state index contributed by atoms with van der Waals surface area (Å²) in [5, 5.41) is 10.8. The predicted octanol–water partition coefficient (Wildman–Crippen LogP) is 1.85. The van der Waals surface area contributed by atoms with Gasteiger partial charge in [0, 0.05) is 17.3 Å². The molecule has 1 aromatic rings. The van der Waals surface area contributed by atoms with Gasteiger partial charge >= 0.3 is 0 Å². The molecule has 2 rings (SSSR count). The van der Waals surface area contributed by atoms with Crippen LogP contribution in [0.2, 0.25) is 0 Å². The van der Waals surface area contributed by atoms with E-state index in [1.165, 1.54) is 12.8 Å². The molecule has 1 saturated carbocycles. The van der Waals surface area contributed by atoms with Crippen molar-refractivity contribution in [2.75, 3.05) is 5.32 Å². The zero-order valence-electron chi connectivity index (χ0n) is 8.30. The van der Waals surface area contributed by atoms with Gasteiger partial charge in [0.15, 0.2) is 0 Å². The van der Waals surface area contributed by atoms with Crippen LogP contribution in [0.1, 0.15) is 24.0 Å². The highest BCUT2D eigenvalue weighted by Gasteiger charge is 2.21. The molecule has 3 nitrogen and oxygen atoms in total. The topological polar surface area (TPSA) is 61.9 Å². The average Bonchev–Trinajstić information content (AvgIpc) is 2.92. The Morgan fingerprint density at radius 2 is 2.21 bits per heavy atom. The molecule has 0 amide bonds. The van der Waals surface area contributed by atoms with E-state index in [4.69, 9.17) is 11.1 Å². The molecule has 1 aliphatic carbocycles. The van der Waals surface area contributed by atoms with Gasteiger partial charge in [-0.15, -0.1) is 0 Å². The van der Waals surface area contributed by atoms with Crippen LogP contribution >= 0.6 is 0 Å². The van der Waals surface area contributed by atoms with Crippen molar-refractivity contribution in [3.63, 3.8) is 0 Å². The maximum atomic E-state index is 7.31. The van der Waals surface area contributed by atoms with E-state index in [1.807, 2.05) is 25.1 Å². The van der Waals surface area contributed by atoms with Gasteiger partial charge in [0.05, 0.1) is 0 Å². The highest BCUT2D eigenvalue weighted by atomic mass is 15.0. The summed E-state index contributed by atoms with van der Waals surface area (Å²) in [4.78, 5) is 0. The third-order valence-corrected chi connectivity index (χ3v) is 2.47. The van der Waals surface area contributed by atoms with E-state index < -0.39 is 0 Å². The molecule has 1 aromatic carbocycles. The number of hydrogen-bond acceptors (Lipinski definition) is 2. The molecule has 0 bridgehead atoms. The van der Waals surface area contributed by atoms with E-state index in [9.17, 15) is 0 Å². The summed E-state index contributed by atoms with van der Waals surface area (Å²) < 4.78 is 0. The fraction of sp³-hybridized carbons (Fsp3) is 0.364. The molecule has 0 radical (unpaired) electrons. The summed E-state index contributed by atoms with van der Waals surface area (Å²) in [7, 11) is 0. The molecular weight excluding hydrogens is 174 g/mol. The maximum absolute atomic E-state index is 7.31. The van der Waals surface area contributed by atoms with Crippen LogP contribution in [-0.2, 0) is 0 Å². The van der Waals surface area contributed by atoms with Gasteiger partial charge in [-0.2, -0.15) is 0 Å². The van der Waals surface area contributed by atoms with Gasteiger partial charge in [0.1, 0.15) is 5.84 Å². The predicted molar refractivity (Wildman–Crippen MR) is 58.8 cm³/mol. The van der Waals surface area contributed by atoms with Crippen LogP contribution in [0.25, 0.3) is 0 Å². The lowest BCUT2D eigenvalue weighted by Crippen LogP contribution is -2.11. The zero-order chi connectivity index (χ0) is 10.1. The normalized spacial score (nSPS) is 15.2. The summed E-state index contributed by atoms with van der Waals surface area (Å²) in [6, 6.07) is 6.51. The van der Waals surface area contributed by atoms with Crippen molar-refractivity contribution in [3.05, 3.63) is 29.3 Å². The minimum absolute atomic E-state index is 0.131. The molecule has 0 aromatic heterocycles. The first-order chi connectivity index (χ1) is 6.66. The molecule has 0 aliphatic heterocycles. The number of nitrogens with two attached hydrogens (primary N) is 1. The number of rotatable bonds is 3. The fourth-order valence-electron chi connectivity index (χ4n) is 1.44. The number of anilines is 1. The highest BCUT2D eigenvalue weighted by molar-refractivity contribution is 5.95. The molecule has 1 fully saturated rings. The molecule has 0 atom stereocenters. The van der Waals surface area contributed by atoms with Gasteiger partial charge < -0.3 is 11.1 Å². The molecule has 3 heteroatoms.